The van der Waals surface area contributed by atoms with Crippen molar-refractivity contribution in [3.63, 3.8) is 0 Å². The number of hydrogen-bond acceptors (Lipinski definition) is 5. The van der Waals surface area contributed by atoms with E-state index in [9.17, 15) is 4.79 Å². The van der Waals surface area contributed by atoms with Gasteiger partial charge in [-0.05, 0) is 19.1 Å². The van der Waals surface area contributed by atoms with Gasteiger partial charge in [0.15, 0.2) is 10.8 Å². The summed E-state index contributed by atoms with van der Waals surface area (Å²) in [6.07, 6.45) is 0. The van der Waals surface area contributed by atoms with Crippen LogP contribution in [0.2, 0.25) is 5.15 Å². The van der Waals surface area contributed by atoms with Gasteiger partial charge in [0.25, 0.3) is 5.91 Å². The lowest BCUT2D eigenvalue weighted by molar-refractivity contribution is 0.0342. The van der Waals surface area contributed by atoms with E-state index >= 15 is 0 Å². The fourth-order valence-electron chi connectivity index (χ4n) is 1.95. The molecule has 1 aliphatic heterocycles. The minimum atomic E-state index is -0.232. The van der Waals surface area contributed by atoms with Crippen LogP contribution in [0.4, 0.5) is 0 Å². The third-order valence-corrected chi connectivity index (χ3v) is 3.08. The van der Waals surface area contributed by atoms with Crippen LogP contribution < -0.4 is 5.32 Å². The van der Waals surface area contributed by atoms with Crippen molar-refractivity contribution in [2.45, 2.75) is 13.0 Å². The summed E-state index contributed by atoms with van der Waals surface area (Å²) in [5, 5.41) is 10.6. The molecular weight excluding hydrogens is 268 g/mol. The number of ether oxygens (including phenoxy) is 1. The number of carbonyl (C=O) groups excluding carboxylic acids is 1. The van der Waals surface area contributed by atoms with E-state index in [2.05, 4.69) is 20.4 Å². The molecule has 1 N–H and O–H groups in total. The van der Waals surface area contributed by atoms with Gasteiger partial charge in [-0.25, -0.2) is 0 Å². The molecule has 1 fully saturated rings. The molecule has 0 aliphatic carbocycles. The SMILES string of the molecule is CC(CN1CCOCC1)NC(=O)c1ccc(Cl)nn1. The summed E-state index contributed by atoms with van der Waals surface area (Å²) in [6.45, 7) is 6.08. The van der Waals surface area contributed by atoms with E-state index in [-0.39, 0.29) is 22.8 Å². The van der Waals surface area contributed by atoms with Crippen molar-refractivity contribution in [2.75, 3.05) is 32.8 Å². The molecule has 1 saturated heterocycles. The molecule has 0 bridgehead atoms. The second kappa shape index (κ2) is 6.79. The molecule has 1 aliphatic rings. The van der Waals surface area contributed by atoms with Gasteiger partial charge in [0.1, 0.15) is 0 Å². The average molecular weight is 285 g/mol. The number of rotatable bonds is 4. The number of amides is 1. The van der Waals surface area contributed by atoms with Crippen LogP contribution in [0.5, 0.6) is 0 Å². The number of nitrogens with one attached hydrogen (secondary N) is 1. The molecule has 2 rings (SSSR count). The number of morpholine rings is 1. The van der Waals surface area contributed by atoms with E-state index in [1.165, 1.54) is 0 Å². The highest BCUT2D eigenvalue weighted by Crippen LogP contribution is 2.03. The lowest BCUT2D eigenvalue weighted by Crippen LogP contribution is -2.46. The second-order valence-corrected chi connectivity index (χ2v) is 4.92. The zero-order chi connectivity index (χ0) is 13.7. The summed E-state index contributed by atoms with van der Waals surface area (Å²) in [4.78, 5) is 14.2. The lowest BCUT2D eigenvalue weighted by Gasteiger charge is -2.29. The quantitative estimate of drug-likeness (QED) is 0.876. The number of carbonyl (C=O) groups is 1. The van der Waals surface area contributed by atoms with Crippen molar-refractivity contribution < 1.29 is 9.53 Å². The molecule has 1 aromatic heterocycles. The summed E-state index contributed by atoms with van der Waals surface area (Å²) in [5.74, 6) is -0.232. The van der Waals surface area contributed by atoms with Crippen molar-refractivity contribution in [3.05, 3.63) is 23.0 Å². The Balaban J connectivity index is 1.82. The predicted molar refractivity (Wildman–Crippen MR) is 71.2 cm³/mol. The van der Waals surface area contributed by atoms with Crippen LogP contribution in [0.1, 0.15) is 17.4 Å². The molecule has 0 aromatic carbocycles. The molecule has 1 amide bonds. The Bertz CT molecular complexity index is 420. The maximum Gasteiger partial charge on any atom is 0.272 e. The first-order valence-electron chi connectivity index (χ1n) is 6.25. The van der Waals surface area contributed by atoms with Crippen molar-refractivity contribution in [3.8, 4) is 0 Å². The zero-order valence-electron chi connectivity index (χ0n) is 10.8. The van der Waals surface area contributed by atoms with Gasteiger partial charge < -0.3 is 10.1 Å². The van der Waals surface area contributed by atoms with E-state index in [4.69, 9.17) is 16.3 Å². The van der Waals surface area contributed by atoms with Gasteiger partial charge in [-0.3, -0.25) is 9.69 Å². The second-order valence-electron chi connectivity index (χ2n) is 4.53. The summed E-state index contributed by atoms with van der Waals surface area (Å²) >= 11 is 5.63. The first-order valence-corrected chi connectivity index (χ1v) is 6.63. The molecule has 2 heterocycles. The highest BCUT2D eigenvalue weighted by Gasteiger charge is 2.16. The van der Waals surface area contributed by atoms with E-state index in [1.54, 1.807) is 12.1 Å². The zero-order valence-corrected chi connectivity index (χ0v) is 11.6. The van der Waals surface area contributed by atoms with Crippen LogP contribution in [0.15, 0.2) is 12.1 Å². The summed E-state index contributed by atoms with van der Waals surface area (Å²) in [5.41, 5.74) is 0.276. The topological polar surface area (TPSA) is 67.3 Å². The minimum absolute atomic E-state index is 0.0445. The van der Waals surface area contributed by atoms with Gasteiger partial charge in [0, 0.05) is 25.7 Å². The molecular formula is C12H17ClN4O2. The maximum atomic E-state index is 11.9. The molecule has 19 heavy (non-hydrogen) atoms. The molecule has 0 spiro atoms. The largest absolute Gasteiger partial charge is 0.379 e. The highest BCUT2D eigenvalue weighted by molar-refractivity contribution is 6.29. The first-order chi connectivity index (χ1) is 9.15. The third-order valence-electron chi connectivity index (χ3n) is 2.88. The van der Waals surface area contributed by atoms with Crippen LogP contribution >= 0.6 is 11.6 Å². The molecule has 104 valence electrons. The molecule has 7 heteroatoms. The number of halogens is 1. The van der Waals surface area contributed by atoms with Crippen molar-refractivity contribution in [2.24, 2.45) is 0 Å². The Kier molecular flexibility index (Phi) is 5.07. The van der Waals surface area contributed by atoms with Crippen LogP contribution in [-0.2, 0) is 4.74 Å². The minimum Gasteiger partial charge on any atom is -0.379 e. The smallest absolute Gasteiger partial charge is 0.272 e. The normalized spacial score (nSPS) is 18.0. The van der Waals surface area contributed by atoms with Crippen LogP contribution in [-0.4, -0.2) is 59.9 Å². The van der Waals surface area contributed by atoms with Gasteiger partial charge in [0.2, 0.25) is 0 Å². The van der Waals surface area contributed by atoms with E-state index in [0.717, 1.165) is 32.8 Å². The standard InChI is InChI=1S/C12H17ClN4O2/c1-9(8-17-4-6-19-7-5-17)14-12(18)10-2-3-11(13)16-15-10/h2-3,9H,4-8H2,1H3,(H,14,18). The Labute approximate surface area is 117 Å². The molecule has 1 atom stereocenters. The van der Waals surface area contributed by atoms with Crippen LogP contribution in [0.3, 0.4) is 0 Å². The molecule has 1 unspecified atom stereocenters. The molecule has 0 saturated carbocycles. The van der Waals surface area contributed by atoms with Gasteiger partial charge in [-0.15, -0.1) is 10.2 Å². The number of aromatic nitrogens is 2. The van der Waals surface area contributed by atoms with Crippen molar-refractivity contribution in [1.82, 2.24) is 20.4 Å². The van der Waals surface area contributed by atoms with Gasteiger partial charge in [-0.2, -0.15) is 0 Å². The summed E-state index contributed by atoms with van der Waals surface area (Å²) in [7, 11) is 0. The van der Waals surface area contributed by atoms with Crippen LogP contribution in [0.25, 0.3) is 0 Å². The number of hydrogen-bond donors (Lipinski definition) is 1. The molecule has 1 aromatic rings. The van der Waals surface area contributed by atoms with Gasteiger partial charge in [0.05, 0.1) is 13.2 Å². The third kappa shape index (κ3) is 4.41. The maximum absolute atomic E-state index is 11.9. The van der Waals surface area contributed by atoms with Crippen LogP contribution in [0, 0.1) is 0 Å². The van der Waals surface area contributed by atoms with E-state index in [0.29, 0.717) is 0 Å². The predicted octanol–water partition coefficient (Wildman–Crippen LogP) is 0.580. The van der Waals surface area contributed by atoms with E-state index in [1.807, 2.05) is 6.92 Å². The number of nitrogens with zero attached hydrogens (tertiary/aromatic N) is 3. The first kappa shape index (κ1) is 14.2. The average Bonchev–Trinajstić information content (AvgIpc) is 2.40. The summed E-state index contributed by atoms with van der Waals surface area (Å²) in [6, 6.07) is 3.16. The highest BCUT2D eigenvalue weighted by atomic mass is 35.5. The Morgan fingerprint density at radius 2 is 2.21 bits per heavy atom. The Hall–Kier alpha value is -1.24. The van der Waals surface area contributed by atoms with E-state index < -0.39 is 0 Å². The monoisotopic (exact) mass is 284 g/mol. The summed E-state index contributed by atoms with van der Waals surface area (Å²) < 4.78 is 5.28. The lowest BCUT2D eigenvalue weighted by atomic mass is 10.2. The fourth-order valence-corrected chi connectivity index (χ4v) is 2.05. The Morgan fingerprint density at radius 3 is 2.84 bits per heavy atom. The molecule has 0 radical (unpaired) electrons. The van der Waals surface area contributed by atoms with Crippen molar-refractivity contribution >= 4 is 17.5 Å². The van der Waals surface area contributed by atoms with Gasteiger partial charge >= 0.3 is 0 Å². The fraction of sp³-hybridized carbons (Fsp3) is 0.583. The Morgan fingerprint density at radius 1 is 1.47 bits per heavy atom. The van der Waals surface area contributed by atoms with Crippen molar-refractivity contribution in [1.29, 1.82) is 0 Å². The van der Waals surface area contributed by atoms with Gasteiger partial charge in [-0.1, -0.05) is 11.6 Å². The molecule has 6 nitrogen and oxygen atoms in total.